The van der Waals surface area contributed by atoms with Crippen LogP contribution in [0, 0.1) is 11.3 Å². The van der Waals surface area contributed by atoms with E-state index in [9.17, 15) is 0 Å². The number of oxazole rings is 1. The molecule has 0 saturated carbocycles. The quantitative estimate of drug-likeness (QED) is 0.629. The molecular weight excluding hydrogens is 320 g/mol. The topological polar surface area (TPSA) is 49.8 Å². The van der Waals surface area contributed by atoms with E-state index in [-0.39, 0.29) is 5.92 Å². The van der Waals surface area contributed by atoms with Crippen molar-refractivity contribution in [1.29, 1.82) is 5.26 Å². The van der Waals surface area contributed by atoms with Gasteiger partial charge in [-0.25, -0.2) is 4.98 Å². The van der Waals surface area contributed by atoms with Crippen LogP contribution in [-0.2, 0) is 12.8 Å². The number of halogens is 1. The van der Waals surface area contributed by atoms with Crippen LogP contribution in [0.2, 0.25) is 0 Å². The number of hydrogen-bond donors (Lipinski definition) is 0. The number of rotatable bonds is 4. The van der Waals surface area contributed by atoms with Gasteiger partial charge in [-0.1, -0.05) is 62.8 Å². The van der Waals surface area contributed by atoms with Crippen molar-refractivity contribution in [3.63, 3.8) is 0 Å². The van der Waals surface area contributed by atoms with E-state index in [0.29, 0.717) is 25.2 Å². The van der Waals surface area contributed by atoms with Crippen LogP contribution in [0.25, 0.3) is 0 Å². The molecular formula is C20H25ClN2O. The maximum Gasteiger partial charge on any atom is 0.201 e. The van der Waals surface area contributed by atoms with Gasteiger partial charge in [-0.2, -0.15) is 5.26 Å². The fourth-order valence-electron chi connectivity index (χ4n) is 2.16. The molecule has 0 amide bonds. The number of hydrogen-bond acceptors (Lipinski definition) is 3. The second-order valence-corrected chi connectivity index (χ2v) is 5.60. The van der Waals surface area contributed by atoms with Crippen LogP contribution in [0.5, 0.6) is 0 Å². The van der Waals surface area contributed by atoms with Gasteiger partial charge >= 0.3 is 0 Å². The third-order valence-corrected chi connectivity index (χ3v) is 3.79. The highest BCUT2D eigenvalue weighted by Gasteiger charge is 2.16. The van der Waals surface area contributed by atoms with Gasteiger partial charge in [0.05, 0.1) is 24.1 Å². The fourth-order valence-corrected chi connectivity index (χ4v) is 2.32. The maximum absolute atomic E-state index is 8.76. The summed E-state index contributed by atoms with van der Waals surface area (Å²) in [6, 6.07) is 2.15. The van der Waals surface area contributed by atoms with Crippen LogP contribution in [0.15, 0.2) is 51.5 Å². The largest absolute Gasteiger partial charge is 0.444 e. The number of fused-ring (bicyclic) bond motifs is 1. The second kappa shape index (κ2) is 10.7. The van der Waals surface area contributed by atoms with E-state index in [2.05, 4.69) is 11.1 Å². The molecule has 1 aromatic heterocycles. The minimum absolute atomic E-state index is 0.0605. The first-order chi connectivity index (χ1) is 11.6. The normalized spacial score (nSPS) is 16.8. The third kappa shape index (κ3) is 5.86. The summed E-state index contributed by atoms with van der Waals surface area (Å²) in [7, 11) is 0. The first kappa shape index (κ1) is 20.0. The van der Waals surface area contributed by atoms with Gasteiger partial charge in [-0.3, -0.25) is 0 Å². The summed E-state index contributed by atoms with van der Waals surface area (Å²) in [5.74, 6) is 1.66. The first-order valence-corrected chi connectivity index (χ1v) is 8.72. The molecule has 24 heavy (non-hydrogen) atoms. The SMILES string of the molecule is C/C=C(\C=C/C(C)c1nc2c(o1)C/C=C\C(Cl)=CC2)CC#N.CC. The molecule has 1 aliphatic carbocycles. The Bertz CT molecular complexity index is 687. The van der Waals surface area contributed by atoms with Crippen molar-refractivity contribution in [2.24, 2.45) is 0 Å². The van der Waals surface area contributed by atoms with E-state index >= 15 is 0 Å². The van der Waals surface area contributed by atoms with Gasteiger partial charge in [0, 0.05) is 17.9 Å². The summed E-state index contributed by atoms with van der Waals surface area (Å²) in [5, 5.41) is 9.49. The maximum atomic E-state index is 8.76. The highest BCUT2D eigenvalue weighted by molar-refractivity contribution is 6.31. The monoisotopic (exact) mass is 344 g/mol. The third-order valence-electron chi connectivity index (χ3n) is 3.51. The van der Waals surface area contributed by atoms with E-state index in [1.54, 1.807) is 0 Å². The molecule has 0 bridgehead atoms. The van der Waals surface area contributed by atoms with Crippen molar-refractivity contribution in [3.8, 4) is 6.07 Å². The van der Waals surface area contributed by atoms with Gasteiger partial charge in [0.1, 0.15) is 5.76 Å². The molecule has 0 N–H and O–H groups in total. The molecule has 0 aromatic carbocycles. The van der Waals surface area contributed by atoms with Gasteiger partial charge in [0.25, 0.3) is 0 Å². The predicted octanol–water partition coefficient (Wildman–Crippen LogP) is 6.00. The van der Waals surface area contributed by atoms with Crippen LogP contribution in [0.3, 0.4) is 0 Å². The molecule has 0 spiro atoms. The highest BCUT2D eigenvalue weighted by atomic mass is 35.5. The van der Waals surface area contributed by atoms with Crippen molar-refractivity contribution in [2.45, 2.75) is 52.9 Å². The lowest BCUT2D eigenvalue weighted by Crippen LogP contribution is -1.93. The first-order valence-electron chi connectivity index (χ1n) is 8.35. The van der Waals surface area contributed by atoms with Crippen molar-refractivity contribution >= 4 is 11.6 Å². The highest BCUT2D eigenvalue weighted by Crippen LogP contribution is 2.24. The summed E-state index contributed by atoms with van der Waals surface area (Å²) in [6.07, 6.45) is 13.5. The summed E-state index contributed by atoms with van der Waals surface area (Å²) >= 11 is 6.03. The Labute approximate surface area is 150 Å². The average molecular weight is 345 g/mol. The lowest BCUT2D eigenvalue weighted by atomic mass is 10.1. The van der Waals surface area contributed by atoms with Gasteiger partial charge in [-0.05, 0) is 18.6 Å². The van der Waals surface area contributed by atoms with Gasteiger partial charge in [0.15, 0.2) is 0 Å². The molecule has 4 heteroatoms. The summed E-state index contributed by atoms with van der Waals surface area (Å²) in [5.41, 5.74) is 1.94. The van der Waals surface area contributed by atoms with Crippen LogP contribution >= 0.6 is 11.6 Å². The van der Waals surface area contributed by atoms with Gasteiger partial charge in [-0.15, -0.1) is 0 Å². The van der Waals surface area contributed by atoms with Crippen molar-refractivity contribution in [1.82, 2.24) is 4.98 Å². The van der Waals surface area contributed by atoms with Gasteiger partial charge < -0.3 is 4.42 Å². The average Bonchev–Trinajstić information content (AvgIpc) is 2.99. The van der Waals surface area contributed by atoms with Gasteiger partial charge in [0.2, 0.25) is 5.89 Å². The molecule has 0 fully saturated rings. The molecule has 1 atom stereocenters. The molecule has 2 rings (SSSR count). The Morgan fingerprint density at radius 1 is 1.46 bits per heavy atom. The van der Waals surface area contributed by atoms with Crippen molar-refractivity contribution < 1.29 is 4.42 Å². The molecule has 128 valence electrons. The summed E-state index contributed by atoms with van der Waals surface area (Å²) in [4.78, 5) is 4.60. The number of aromatic nitrogens is 1. The second-order valence-electron chi connectivity index (χ2n) is 5.17. The standard InChI is InChI=1S/C18H19ClN2O.C2H6/c1-3-14(11-12-20)8-7-13(2)18-21-16-10-9-15(19)5-4-6-17(16)22-18;1-2/h3-5,7-9,13H,6,10-11H2,1-2H3;1-2H3/b5-4-,8-7-,14-3+,15-9?;. The zero-order valence-corrected chi connectivity index (χ0v) is 15.6. The predicted molar refractivity (Wildman–Crippen MR) is 99.9 cm³/mol. The van der Waals surface area contributed by atoms with E-state index in [4.69, 9.17) is 21.3 Å². The molecule has 1 unspecified atom stereocenters. The number of allylic oxidation sites excluding steroid dienone is 8. The number of nitriles is 1. The lowest BCUT2D eigenvalue weighted by Gasteiger charge is -2.00. The van der Waals surface area contributed by atoms with Crippen LogP contribution in [0.1, 0.15) is 57.4 Å². The molecule has 0 aliphatic heterocycles. The molecule has 1 heterocycles. The molecule has 3 nitrogen and oxygen atoms in total. The van der Waals surface area contributed by atoms with Crippen molar-refractivity contribution in [3.05, 3.63) is 64.4 Å². The Morgan fingerprint density at radius 3 is 2.88 bits per heavy atom. The Balaban J connectivity index is 0.00000139. The Morgan fingerprint density at radius 2 is 2.21 bits per heavy atom. The van der Waals surface area contributed by atoms with E-state index in [1.807, 2.05) is 64.2 Å². The van der Waals surface area contributed by atoms with E-state index in [1.165, 1.54) is 0 Å². The summed E-state index contributed by atoms with van der Waals surface area (Å²) < 4.78 is 5.89. The molecule has 1 aromatic rings. The lowest BCUT2D eigenvalue weighted by molar-refractivity contribution is 0.453. The van der Waals surface area contributed by atoms with Crippen LogP contribution in [-0.4, -0.2) is 4.98 Å². The van der Waals surface area contributed by atoms with Crippen LogP contribution in [0.4, 0.5) is 0 Å². The van der Waals surface area contributed by atoms with E-state index < -0.39 is 0 Å². The zero-order valence-electron chi connectivity index (χ0n) is 14.8. The minimum Gasteiger partial charge on any atom is -0.444 e. The molecule has 0 radical (unpaired) electrons. The minimum atomic E-state index is 0.0605. The Hall–Kier alpha value is -2.05. The van der Waals surface area contributed by atoms with Crippen LogP contribution < -0.4 is 0 Å². The smallest absolute Gasteiger partial charge is 0.201 e. The molecule has 0 saturated heterocycles. The zero-order chi connectivity index (χ0) is 17.9. The molecule has 1 aliphatic rings. The van der Waals surface area contributed by atoms with E-state index in [0.717, 1.165) is 22.1 Å². The fraction of sp³-hybridized carbons (Fsp3) is 0.400. The Kier molecular flexibility index (Phi) is 8.89. The van der Waals surface area contributed by atoms with Crippen molar-refractivity contribution in [2.75, 3.05) is 0 Å². The summed E-state index contributed by atoms with van der Waals surface area (Å²) in [6.45, 7) is 7.97. The number of nitrogens with zero attached hydrogens (tertiary/aromatic N) is 2.